The highest BCUT2D eigenvalue weighted by Gasteiger charge is 2.35. The van der Waals surface area contributed by atoms with E-state index < -0.39 is 24.2 Å². The van der Waals surface area contributed by atoms with E-state index in [9.17, 15) is 14.4 Å². The lowest BCUT2D eigenvalue weighted by Crippen LogP contribution is -2.45. The molecule has 3 atom stereocenters. The Hall–Kier alpha value is -3.39. The van der Waals surface area contributed by atoms with Crippen molar-refractivity contribution in [3.05, 3.63) is 59.7 Å². The van der Waals surface area contributed by atoms with Gasteiger partial charge < -0.3 is 24.8 Å². The summed E-state index contributed by atoms with van der Waals surface area (Å²) in [6, 6.07) is 15.3. The highest BCUT2D eigenvalue weighted by atomic mass is 16.5. The minimum atomic E-state index is -1.07. The zero-order valence-corrected chi connectivity index (χ0v) is 18.7. The number of carbonyl (C=O) groups is 3. The summed E-state index contributed by atoms with van der Waals surface area (Å²) in [7, 11) is 1.45. The van der Waals surface area contributed by atoms with Crippen molar-refractivity contribution in [3.63, 3.8) is 0 Å². The molecule has 2 aromatic carbocycles. The van der Waals surface area contributed by atoms with Crippen LogP contribution in [-0.4, -0.2) is 66.4 Å². The Morgan fingerprint density at radius 2 is 1.70 bits per heavy atom. The Bertz CT molecular complexity index is 1010. The van der Waals surface area contributed by atoms with E-state index >= 15 is 0 Å². The first-order valence-electron chi connectivity index (χ1n) is 11.1. The molecule has 1 aliphatic carbocycles. The maximum atomic E-state index is 12.5. The zero-order valence-electron chi connectivity index (χ0n) is 18.7. The van der Waals surface area contributed by atoms with E-state index in [2.05, 4.69) is 29.6 Å². The van der Waals surface area contributed by atoms with Gasteiger partial charge in [0.05, 0.1) is 6.10 Å². The van der Waals surface area contributed by atoms with E-state index in [0.717, 1.165) is 11.1 Å². The molecule has 33 heavy (non-hydrogen) atoms. The fraction of sp³-hybridized carbons (Fsp3) is 0.400. The van der Waals surface area contributed by atoms with E-state index in [4.69, 9.17) is 14.6 Å². The molecule has 1 saturated heterocycles. The summed E-state index contributed by atoms with van der Waals surface area (Å²) in [5, 5.41) is 11.8. The van der Waals surface area contributed by atoms with E-state index in [-0.39, 0.29) is 31.1 Å². The van der Waals surface area contributed by atoms with Gasteiger partial charge in [-0.2, -0.15) is 0 Å². The molecule has 2 N–H and O–H groups in total. The Kier molecular flexibility index (Phi) is 6.65. The Morgan fingerprint density at radius 3 is 2.30 bits per heavy atom. The van der Waals surface area contributed by atoms with Gasteiger partial charge in [-0.1, -0.05) is 48.5 Å². The first kappa shape index (κ1) is 22.8. The Labute approximate surface area is 192 Å². The van der Waals surface area contributed by atoms with Gasteiger partial charge in [0.1, 0.15) is 18.8 Å². The number of alkyl carbamates (subject to hydrolysis) is 1. The number of rotatable bonds is 7. The van der Waals surface area contributed by atoms with E-state index in [1.165, 1.54) is 30.0 Å². The summed E-state index contributed by atoms with van der Waals surface area (Å²) in [4.78, 5) is 37.1. The number of fused-ring (bicyclic) bond motifs is 3. The summed E-state index contributed by atoms with van der Waals surface area (Å²) in [5.74, 6) is -1.45. The number of likely N-dealkylation sites (N-methyl/N-ethyl adjacent to an activating group) is 1. The number of carboxylic acids is 1. The number of benzene rings is 2. The van der Waals surface area contributed by atoms with Crippen molar-refractivity contribution in [3.8, 4) is 11.1 Å². The third-order valence-electron chi connectivity index (χ3n) is 6.49. The van der Waals surface area contributed by atoms with Crippen LogP contribution in [0.25, 0.3) is 11.1 Å². The Morgan fingerprint density at radius 1 is 1.09 bits per heavy atom. The molecule has 3 unspecified atom stereocenters. The second kappa shape index (κ2) is 9.62. The molecular formula is C25H28N2O6. The zero-order chi connectivity index (χ0) is 23.5. The topological polar surface area (TPSA) is 105 Å². The van der Waals surface area contributed by atoms with Gasteiger partial charge in [0.25, 0.3) is 5.91 Å². The van der Waals surface area contributed by atoms with Crippen molar-refractivity contribution >= 4 is 18.0 Å². The summed E-state index contributed by atoms with van der Waals surface area (Å²) in [6.45, 7) is 1.90. The van der Waals surface area contributed by atoms with E-state index in [0.29, 0.717) is 12.8 Å². The van der Waals surface area contributed by atoms with Gasteiger partial charge in [0, 0.05) is 19.5 Å². The molecule has 8 nitrogen and oxygen atoms in total. The van der Waals surface area contributed by atoms with Gasteiger partial charge in [-0.15, -0.1) is 0 Å². The normalized spacial score (nSPS) is 19.9. The van der Waals surface area contributed by atoms with Crippen molar-refractivity contribution < 1.29 is 29.0 Å². The fourth-order valence-electron chi connectivity index (χ4n) is 4.47. The van der Waals surface area contributed by atoms with Crippen LogP contribution in [0.1, 0.15) is 36.8 Å². The van der Waals surface area contributed by atoms with E-state index in [1.54, 1.807) is 0 Å². The molecule has 0 radical (unpaired) electrons. The van der Waals surface area contributed by atoms with Gasteiger partial charge in [-0.05, 0) is 42.0 Å². The number of ether oxygens (including phenoxy) is 2. The fourth-order valence-corrected chi connectivity index (χ4v) is 4.47. The number of amides is 2. The maximum Gasteiger partial charge on any atom is 0.407 e. The van der Waals surface area contributed by atoms with Crippen LogP contribution in [0.15, 0.2) is 48.5 Å². The first-order chi connectivity index (χ1) is 15.9. The van der Waals surface area contributed by atoms with Crippen LogP contribution in [-0.2, 0) is 19.1 Å². The second-order valence-corrected chi connectivity index (χ2v) is 8.49. The van der Waals surface area contributed by atoms with Crippen molar-refractivity contribution in [2.45, 2.75) is 43.9 Å². The van der Waals surface area contributed by atoms with Gasteiger partial charge >= 0.3 is 12.1 Å². The number of nitrogens with zero attached hydrogens (tertiary/aromatic N) is 1. The molecule has 0 saturated carbocycles. The number of aliphatic carboxylic acids is 1. The Balaban J connectivity index is 1.26. The maximum absolute atomic E-state index is 12.5. The third-order valence-corrected chi connectivity index (χ3v) is 6.49. The average Bonchev–Trinajstić information content (AvgIpc) is 3.43. The van der Waals surface area contributed by atoms with Crippen LogP contribution >= 0.6 is 0 Å². The van der Waals surface area contributed by atoms with Crippen LogP contribution < -0.4 is 5.32 Å². The molecule has 0 aromatic heterocycles. The molecule has 0 bridgehead atoms. The van der Waals surface area contributed by atoms with Gasteiger partial charge in [-0.3, -0.25) is 4.79 Å². The summed E-state index contributed by atoms with van der Waals surface area (Å²) in [5.41, 5.74) is 4.62. The summed E-state index contributed by atoms with van der Waals surface area (Å²) < 4.78 is 11.3. The number of hydrogen-bond acceptors (Lipinski definition) is 5. The quantitative estimate of drug-likeness (QED) is 0.669. The molecule has 4 rings (SSSR count). The van der Waals surface area contributed by atoms with Crippen LogP contribution in [0.4, 0.5) is 4.79 Å². The van der Waals surface area contributed by atoms with Crippen LogP contribution in [0.5, 0.6) is 0 Å². The van der Waals surface area contributed by atoms with Crippen LogP contribution in [0.2, 0.25) is 0 Å². The molecule has 2 aromatic rings. The largest absolute Gasteiger partial charge is 0.480 e. The molecule has 8 heteroatoms. The van der Waals surface area contributed by atoms with Crippen molar-refractivity contribution in [2.24, 2.45) is 0 Å². The van der Waals surface area contributed by atoms with Gasteiger partial charge in [0.15, 0.2) is 0 Å². The van der Waals surface area contributed by atoms with Crippen molar-refractivity contribution in [1.82, 2.24) is 10.2 Å². The molecule has 0 spiro atoms. The van der Waals surface area contributed by atoms with Crippen molar-refractivity contribution in [1.29, 1.82) is 0 Å². The van der Waals surface area contributed by atoms with Crippen molar-refractivity contribution in [2.75, 3.05) is 20.2 Å². The molecule has 1 heterocycles. The second-order valence-electron chi connectivity index (χ2n) is 8.49. The molecule has 2 aliphatic rings. The lowest BCUT2D eigenvalue weighted by Gasteiger charge is -2.24. The molecular weight excluding hydrogens is 424 g/mol. The monoisotopic (exact) mass is 452 g/mol. The lowest BCUT2D eigenvalue weighted by atomic mass is 9.98. The highest BCUT2D eigenvalue weighted by molar-refractivity contribution is 5.86. The highest BCUT2D eigenvalue weighted by Crippen LogP contribution is 2.44. The van der Waals surface area contributed by atoms with Gasteiger partial charge in [-0.25, -0.2) is 9.59 Å². The minimum Gasteiger partial charge on any atom is -0.480 e. The predicted molar refractivity (Wildman–Crippen MR) is 121 cm³/mol. The number of carbonyl (C=O) groups excluding carboxylic acids is 2. The number of nitrogens with one attached hydrogen (secondary N) is 1. The summed E-state index contributed by atoms with van der Waals surface area (Å²) in [6.07, 6.45) is -0.493. The predicted octanol–water partition coefficient (Wildman–Crippen LogP) is 3.00. The SMILES string of the molecule is CC(C(=O)O)N(C)C(=O)C1CCC(CNC(=O)OCC2c3ccccc3-c3ccccc32)O1. The molecule has 1 aliphatic heterocycles. The molecule has 2 amide bonds. The smallest absolute Gasteiger partial charge is 0.407 e. The third kappa shape index (κ3) is 4.71. The lowest BCUT2D eigenvalue weighted by molar-refractivity contribution is -0.153. The van der Waals surface area contributed by atoms with Gasteiger partial charge in [0.2, 0.25) is 0 Å². The minimum absolute atomic E-state index is 0.0142. The number of hydrogen-bond donors (Lipinski definition) is 2. The van der Waals surface area contributed by atoms with Crippen LogP contribution in [0, 0.1) is 0 Å². The molecule has 1 fully saturated rings. The summed E-state index contributed by atoms with van der Waals surface area (Å²) >= 11 is 0. The van der Waals surface area contributed by atoms with E-state index in [1.807, 2.05) is 24.3 Å². The standard InChI is InChI=1S/C25H28N2O6/c1-15(24(29)30)27(2)23(28)22-12-11-16(33-22)13-26-25(31)32-14-21-19-9-5-3-7-17(19)18-8-4-6-10-20(18)21/h3-10,15-16,21-22H,11-14H2,1-2H3,(H,26,31)(H,29,30). The van der Waals surface area contributed by atoms with Crippen LogP contribution in [0.3, 0.4) is 0 Å². The molecule has 174 valence electrons. The number of carboxylic acid groups (broad SMARTS) is 1. The average molecular weight is 453 g/mol. The first-order valence-corrected chi connectivity index (χ1v) is 11.1.